The van der Waals surface area contributed by atoms with Crippen molar-refractivity contribution in [2.24, 2.45) is 0 Å². The lowest BCUT2D eigenvalue weighted by Crippen LogP contribution is -2.29. The van der Waals surface area contributed by atoms with Crippen molar-refractivity contribution in [2.45, 2.75) is 31.1 Å². The molecule has 0 aliphatic heterocycles. The highest BCUT2D eigenvalue weighted by Crippen LogP contribution is 2.40. The van der Waals surface area contributed by atoms with E-state index in [4.69, 9.17) is 40.1 Å². The van der Waals surface area contributed by atoms with Gasteiger partial charge in [0, 0.05) is 6.07 Å². The summed E-state index contributed by atoms with van der Waals surface area (Å²) in [7, 11) is -1.20. The zero-order valence-electron chi connectivity index (χ0n) is 25.7. The summed E-state index contributed by atoms with van der Waals surface area (Å²) in [5.41, 5.74) is 2.94. The monoisotopic (exact) mass is 672 g/mol. The molecule has 0 radical (unpaired) electrons. The molecule has 0 bridgehead atoms. The van der Waals surface area contributed by atoms with Gasteiger partial charge in [-0.05, 0) is 47.4 Å². The molecule has 0 atom stereocenters. The summed E-state index contributed by atoms with van der Waals surface area (Å²) in [5.74, 6) is 0.631. The number of methoxy groups -OCH3 is 2. The smallest absolute Gasteiger partial charge is 0.440 e. The number of ether oxygens (including phenoxy) is 5. The number of carbonyl (C=O) groups excluding carboxylic acids is 1. The van der Waals surface area contributed by atoms with Crippen LogP contribution in [0.25, 0.3) is 0 Å². The normalized spacial score (nSPS) is 11.3. The van der Waals surface area contributed by atoms with Gasteiger partial charge in [0.1, 0.15) is 31.0 Å². The maximum absolute atomic E-state index is 13.4. The summed E-state index contributed by atoms with van der Waals surface area (Å²) in [5, 5.41) is 0.192. The number of rotatable bonds is 13. The molecule has 0 saturated heterocycles. The summed E-state index contributed by atoms with van der Waals surface area (Å²) in [4.78, 5) is 25.6. The molecule has 0 spiro atoms. The number of hydrogen-bond acceptors (Lipinski definition) is 11. The number of amides is 1. The van der Waals surface area contributed by atoms with Gasteiger partial charge in [-0.15, -0.1) is 0 Å². The van der Waals surface area contributed by atoms with E-state index in [0.29, 0.717) is 11.5 Å². The summed E-state index contributed by atoms with van der Waals surface area (Å²) < 4.78 is 56.5. The molecule has 0 aliphatic carbocycles. The Hall–Kier alpha value is -4.95. The van der Waals surface area contributed by atoms with Gasteiger partial charge in [0.15, 0.2) is 17.3 Å². The average Bonchev–Trinajstić information content (AvgIpc) is 3.03. The van der Waals surface area contributed by atoms with E-state index >= 15 is 0 Å². The van der Waals surface area contributed by atoms with Gasteiger partial charge < -0.3 is 28.5 Å². The van der Waals surface area contributed by atoms with Gasteiger partial charge in [-0.2, -0.15) is 10.5 Å². The molecular formula is C31H33ClN4O9S. The van der Waals surface area contributed by atoms with Crippen LogP contribution in [0, 0.1) is 0 Å². The van der Waals surface area contributed by atoms with Gasteiger partial charge in [0.05, 0.1) is 24.1 Å². The van der Waals surface area contributed by atoms with Crippen LogP contribution in [-0.2, 0) is 20.2 Å². The van der Waals surface area contributed by atoms with Crippen molar-refractivity contribution < 1.29 is 41.7 Å². The average molecular weight is 673 g/mol. The zero-order valence-corrected chi connectivity index (χ0v) is 27.3. The number of carbonyl (C=O) groups is 1. The second-order valence-electron chi connectivity index (χ2n) is 10.5. The molecule has 0 unspecified atom stereocenters. The molecule has 0 aliphatic rings. The van der Waals surface area contributed by atoms with Crippen LogP contribution in [0.5, 0.6) is 34.6 Å². The fourth-order valence-electron chi connectivity index (χ4n) is 3.85. The molecule has 3 aromatic carbocycles. The SMILES string of the molecule is COc1ccc(Cl)c(Oc2c(NS(=O)(=O)c3ccc(C(C)(C)C)cc3)ncnc2OCCOC(=O)NOc2ccccc2OC)c1. The maximum atomic E-state index is 13.4. The Bertz CT molecular complexity index is 1770. The predicted molar refractivity (Wildman–Crippen MR) is 170 cm³/mol. The fourth-order valence-corrected chi connectivity index (χ4v) is 5.01. The Labute approximate surface area is 271 Å². The highest BCUT2D eigenvalue weighted by molar-refractivity contribution is 7.92. The summed E-state index contributed by atoms with van der Waals surface area (Å²) in [6, 6.07) is 17.9. The Kier molecular flexibility index (Phi) is 11.0. The molecule has 0 fully saturated rings. The number of nitrogens with zero attached hydrogens (tertiary/aromatic N) is 2. The van der Waals surface area contributed by atoms with Crippen LogP contribution in [0.3, 0.4) is 0 Å². The highest BCUT2D eigenvalue weighted by Gasteiger charge is 2.24. The molecule has 1 aromatic heterocycles. The van der Waals surface area contributed by atoms with Crippen LogP contribution in [-0.4, -0.2) is 51.9 Å². The first-order chi connectivity index (χ1) is 21.9. The fraction of sp³-hybridized carbons (Fsp3) is 0.258. The lowest BCUT2D eigenvalue weighted by atomic mass is 9.87. The largest absolute Gasteiger partial charge is 0.497 e. The molecule has 13 nitrogen and oxygen atoms in total. The molecule has 1 amide bonds. The van der Waals surface area contributed by atoms with Gasteiger partial charge in [0.25, 0.3) is 15.9 Å². The van der Waals surface area contributed by atoms with Crippen LogP contribution in [0.4, 0.5) is 10.6 Å². The molecular weight excluding hydrogens is 640 g/mol. The highest BCUT2D eigenvalue weighted by atomic mass is 35.5. The van der Waals surface area contributed by atoms with Crippen LogP contribution >= 0.6 is 11.6 Å². The van der Waals surface area contributed by atoms with Crippen molar-refractivity contribution in [2.75, 3.05) is 32.2 Å². The van der Waals surface area contributed by atoms with Crippen molar-refractivity contribution in [1.82, 2.24) is 15.4 Å². The third kappa shape index (κ3) is 8.82. The lowest BCUT2D eigenvalue weighted by Gasteiger charge is -2.19. The van der Waals surface area contributed by atoms with E-state index in [1.54, 1.807) is 48.5 Å². The second-order valence-corrected chi connectivity index (χ2v) is 12.6. The number of halogens is 1. The van der Waals surface area contributed by atoms with E-state index in [2.05, 4.69) is 20.2 Å². The van der Waals surface area contributed by atoms with E-state index in [1.165, 1.54) is 32.4 Å². The third-order valence-electron chi connectivity index (χ3n) is 6.25. The number of anilines is 1. The van der Waals surface area contributed by atoms with Crippen LogP contribution in [0.15, 0.2) is 78.0 Å². The number of para-hydroxylation sites is 2. The Morgan fingerprint density at radius 3 is 2.28 bits per heavy atom. The van der Waals surface area contributed by atoms with Gasteiger partial charge in [-0.1, -0.05) is 56.6 Å². The number of hydrogen-bond donors (Lipinski definition) is 2. The van der Waals surface area contributed by atoms with Gasteiger partial charge in [-0.25, -0.2) is 18.2 Å². The molecule has 2 N–H and O–H groups in total. The minimum atomic E-state index is -4.13. The molecule has 4 rings (SSSR count). The van der Waals surface area contributed by atoms with Crippen LogP contribution in [0.2, 0.25) is 5.02 Å². The minimum absolute atomic E-state index is 0.00157. The Morgan fingerprint density at radius 1 is 0.891 bits per heavy atom. The van der Waals surface area contributed by atoms with Gasteiger partial charge in [0.2, 0.25) is 5.75 Å². The second kappa shape index (κ2) is 14.9. The van der Waals surface area contributed by atoms with Crippen molar-refractivity contribution in [3.05, 3.63) is 83.6 Å². The van der Waals surface area contributed by atoms with E-state index in [1.807, 2.05) is 20.8 Å². The summed E-state index contributed by atoms with van der Waals surface area (Å²) in [6.07, 6.45) is 0.188. The topological polar surface area (TPSA) is 156 Å². The lowest BCUT2D eigenvalue weighted by molar-refractivity contribution is 0.0856. The van der Waals surface area contributed by atoms with Crippen molar-refractivity contribution >= 4 is 33.5 Å². The molecule has 15 heteroatoms. The number of aromatic nitrogens is 2. The number of hydroxylamine groups is 1. The maximum Gasteiger partial charge on any atom is 0.440 e. The quantitative estimate of drug-likeness (QED) is 0.124. The Balaban J connectivity index is 1.51. The van der Waals surface area contributed by atoms with E-state index in [0.717, 1.165) is 11.9 Å². The first-order valence-electron chi connectivity index (χ1n) is 13.8. The first kappa shape index (κ1) is 33.9. The van der Waals surface area contributed by atoms with E-state index < -0.39 is 16.1 Å². The number of benzene rings is 3. The first-order valence-corrected chi connectivity index (χ1v) is 15.6. The minimum Gasteiger partial charge on any atom is -0.497 e. The summed E-state index contributed by atoms with van der Waals surface area (Å²) in [6.45, 7) is 5.63. The zero-order chi connectivity index (χ0) is 33.3. The number of nitrogens with one attached hydrogen (secondary N) is 2. The predicted octanol–water partition coefficient (Wildman–Crippen LogP) is 6.14. The van der Waals surface area contributed by atoms with E-state index in [-0.39, 0.29) is 57.5 Å². The standard InChI is InChI=1S/C31H33ClN4O9S/c1-31(2,3)20-10-13-22(14-11-20)46(38,39)36-28-27(44-26-18-21(40-4)12-15-23(26)32)29(34-19-33-28)42-16-17-43-30(37)35-45-25-9-7-6-8-24(25)41-5/h6-15,18-19H,16-17H2,1-5H3,(H,35,37)(H,33,34,36). The molecule has 1 heterocycles. The Morgan fingerprint density at radius 2 is 1.61 bits per heavy atom. The van der Waals surface area contributed by atoms with Gasteiger partial charge >= 0.3 is 6.09 Å². The molecule has 244 valence electrons. The summed E-state index contributed by atoms with van der Waals surface area (Å²) >= 11 is 6.36. The van der Waals surface area contributed by atoms with Crippen molar-refractivity contribution in [3.63, 3.8) is 0 Å². The van der Waals surface area contributed by atoms with Crippen LogP contribution in [0.1, 0.15) is 26.3 Å². The van der Waals surface area contributed by atoms with Crippen molar-refractivity contribution in [1.29, 1.82) is 0 Å². The van der Waals surface area contributed by atoms with Gasteiger partial charge in [-0.3, -0.25) is 4.72 Å². The third-order valence-corrected chi connectivity index (χ3v) is 7.92. The molecule has 4 aromatic rings. The van der Waals surface area contributed by atoms with Crippen molar-refractivity contribution in [3.8, 4) is 34.6 Å². The molecule has 0 saturated carbocycles. The van der Waals surface area contributed by atoms with E-state index in [9.17, 15) is 13.2 Å². The molecule has 46 heavy (non-hydrogen) atoms. The van der Waals surface area contributed by atoms with Crippen LogP contribution < -0.4 is 34.0 Å². The number of sulfonamides is 1.